The van der Waals surface area contributed by atoms with Crippen molar-refractivity contribution in [3.8, 4) is 22.3 Å². The summed E-state index contributed by atoms with van der Waals surface area (Å²) in [6.45, 7) is 0. The standard InChI is InChI=1S/C43H29N3OS/c47-48-40-24-10-9-22-36(40)45(30-17-5-2-6-18-30)39-27-38-34(25-41(39)48)32-20-11-15-29-16-12-23-37(43(29)32)46(38)42-26-33(28-13-3-1-4-14-28)31-19-7-8-21-35(31)44-42/h1-17,19-27,30H,18H2. The fourth-order valence-electron chi connectivity index (χ4n) is 7.71. The fraction of sp³-hybridized carbons (Fsp3) is 0.0465. The largest absolute Gasteiger partial charge is 0.332 e. The van der Waals surface area contributed by atoms with Crippen LogP contribution < -0.4 is 9.80 Å². The van der Waals surface area contributed by atoms with Crippen LogP contribution in [0.15, 0.2) is 168 Å². The third kappa shape index (κ3) is 4.01. The molecule has 6 aromatic carbocycles. The molecule has 5 heteroatoms. The van der Waals surface area contributed by atoms with Crippen molar-refractivity contribution in [2.24, 2.45) is 0 Å². The number of pyridine rings is 1. The maximum absolute atomic E-state index is 14.4. The molecule has 10 rings (SSSR count). The van der Waals surface area contributed by atoms with E-state index in [2.05, 4.69) is 149 Å². The first-order chi connectivity index (χ1) is 23.7. The summed E-state index contributed by atoms with van der Waals surface area (Å²) in [5, 5.41) is 3.45. The van der Waals surface area contributed by atoms with E-state index in [1.807, 2.05) is 18.2 Å². The van der Waals surface area contributed by atoms with Gasteiger partial charge in [-0.15, -0.1) is 0 Å². The van der Waals surface area contributed by atoms with Gasteiger partial charge in [0, 0.05) is 16.3 Å². The summed E-state index contributed by atoms with van der Waals surface area (Å²) in [4.78, 5) is 11.7. The number of para-hydroxylation sites is 2. The lowest BCUT2D eigenvalue weighted by atomic mass is 9.90. The smallest absolute Gasteiger partial charge is 0.138 e. The predicted molar refractivity (Wildman–Crippen MR) is 198 cm³/mol. The quantitative estimate of drug-likeness (QED) is 0.194. The molecule has 0 spiro atoms. The third-order valence-electron chi connectivity index (χ3n) is 9.82. The molecule has 0 saturated heterocycles. The molecule has 4 nitrogen and oxygen atoms in total. The summed E-state index contributed by atoms with van der Waals surface area (Å²) >= 11 is 0. The lowest BCUT2D eigenvalue weighted by Crippen LogP contribution is -2.34. The molecule has 3 heterocycles. The van der Waals surface area contributed by atoms with Gasteiger partial charge in [0.05, 0.1) is 54.9 Å². The molecule has 0 bridgehead atoms. The van der Waals surface area contributed by atoms with E-state index in [9.17, 15) is 4.21 Å². The second kappa shape index (κ2) is 10.6. The van der Waals surface area contributed by atoms with Gasteiger partial charge in [-0.25, -0.2) is 9.19 Å². The van der Waals surface area contributed by atoms with Gasteiger partial charge in [-0.3, -0.25) is 4.90 Å². The van der Waals surface area contributed by atoms with Crippen LogP contribution in [-0.2, 0) is 10.8 Å². The molecule has 0 N–H and O–H groups in total. The number of nitrogens with zero attached hydrogens (tertiary/aromatic N) is 3. The summed E-state index contributed by atoms with van der Waals surface area (Å²) in [5.41, 5.74) is 9.50. The van der Waals surface area contributed by atoms with Crippen LogP contribution in [0.1, 0.15) is 6.42 Å². The van der Waals surface area contributed by atoms with Gasteiger partial charge in [0.2, 0.25) is 0 Å². The Morgan fingerprint density at radius 1 is 0.625 bits per heavy atom. The zero-order valence-electron chi connectivity index (χ0n) is 26.0. The first-order valence-corrected chi connectivity index (χ1v) is 17.5. The van der Waals surface area contributed by atoms with Gasteiger partial charge >= 0.3 is 0 Å². The number of aromatic nitrogens is 1. The molecule has 0 saturated carbocycles. The molecule has 2 aliphatic heterocycles. The second-order valence-electron chi connectivity index (χ2n) is 12.5. The Hall–Kier alpha value is -5.78. The van der Waals surface area contributed by atoms with Crippen LogP contribution >= 0.6 is 0 Å². The molecule has 0 fully saturated rings. The van der Waals surface area contributed by atoms with Crippen LogP contribution in [-0.4, -0.2) is 15.2 Å². The fourth-order valence-corrected chi connectivity index (χ4v) is 9.08. The van der Waals surface area contributed by atoms with Gasteiger partial charge in [0.1, 0.15) is 5.82 Å². The molecule has 48 heavy (non-hydrogen) atoms. The van der Waals surface area contributed by atoms with Gasteiger partial charge < -0.3 is 4.90 Å². The van der Waals surface area contributed by atoms with Crippen molar-refractivity contribution >= 4 is 61.0 Å². The van der Waals surface area contributed by atoms with Crippen LogP contribution in [0.2, 0.25) is 0 Å². The average molecular weight is 636 g/mol. The van der Waals surface area contributed by atoms with Crippen LogP contribution in [0, 0.1) is 0 Å². The Morgan fingerprint density at radius 2 is 1.42 bits per heavy atom. The van der Waals surface area contributed by atoms with Gasteiger partial charge in [-0.05, 0) is 71.0 Å². The van der Waals surface area contributed by atoms with E-state index < -0.39 is 10.8 Å². The number of anilines is 5. The van der Waals surface area contributed by atoms with E-state index in [0.717, 1.165) is 83.3 Å². The Balaban J connectivity index is 1.29. The molecule has 7 aromatic rings. The highest BCUT2D eigenvalue weighted by Crippen LogP contribution is 2.55. The topological polar surface area (TPSA) is 36.4 Å². The minimum absolute atomic E-state index is 0.0986. The van der Waals surface area contributed by atoms with Crippen molar-refractivity contribution in [2.75, 3.05) is 9.80 Å². The maximum atomic E-state index is 14.4. The van der Waals surface area contributed by atoms with Crippen molar-refractivity contribution in [1.29, 1.82) is 0 Å². The number of benzene rings is 6. The zero-order chi connectivity index (χ0) is 31.8. The Bertz CT molecular complexity index is 2530. The van der Waals surface area contributed by atoms with E-state index >= 15 is 0 Å². The van der Waals surface area contributed by atoms with E-state index in [0.29, 0.717) is 0 Å². The second-order valence-corrected chi connectivity index (χ2v) is 13.9. The predicted octanol–water partition coefficient (Wildman–Crippen LogP) is 11.0. The minimum atomic E-state index is -1.34. The number of allylic oxidation sites excluding steroid dienone is 2. The van der Waals surface area contributed by atoms with Gasteiger partial charge in [0.15, 0.2) is 0 Å². The zero-order valence-corrected chi connectivity index (χ0v) is 26.8. The first-order valence-electron chi connectivity index (χ1n) is 16.3. The summed E-state index contributed by atoms with van der Waals surface area (Å²) in [6, 6.07) is 46.9. The Kier molecular flexibility index (Phi) is 6.05. The highest BCUT2D eigenvalue weighted by atomic mass is 32.2. The minimum Gasteiger partial charge on any atom is -0.332 e. The van der Waals surface area contributed by atoms with Crippen LogP contribution in [0.3, 0.4) is 0 Å². The third-order valence-corrected chi connectivity index (χ3v) is 11.3. The molecule has 228 valence electrons. The molecule has 3 aliphatic rings. The van der Waals surface area contributed by atoms with Crippen molar-refractivity contribution in [3.05, 3.63) is 158 Å². The summed E-state index contributed by atoms with van der Waals surface area (Å²) in [7, 11) is -1.34. The van der Waals surface area contributed by atoms with Crippen LogP contribution in [0.5, 0.6) is 0 Å². The van der Waals surface area contributed by atoms with Crippen molar-refractivity contribution in [1.82, 2.24) is 4.98 Å². The monoisotopic (exact) mass is 635 g/mol. The summed E-state index contributed by atoms with van der Waals surface area (Å²) in [5.74, 6) is 0.847. The molecule has 2 unspecified atom stereocenters. The molecule has 1 aromatic heterocycles. The van der Waals surface area contributed by atoms with Crippen molar-refractivity contribution < 1.29 is 4.21 Å². The van der Waals surface area contributed by atoms with E-state index in [4.69, 9.17) is 4.98 Å². The van der Waals surface area contributed by atoms with Gasteiger partial charge in [0.25, 0.3) is 0 Å². The van der Waals surface area contributed by atoms with Crippen LogP contribution in [0.25, 0.3) is 43.9 Å². The summed E-state index contributed by atoms with van der Waals surface area (Å²) < 4.78 is 14.4. The average Bonchev–Trinajstić information content (AvgIpc) is 3.15. The van der Waals surface area contributed by atoms with E-state index in [-0.39, 0.29) is 6.04 Å². The molecular formula is C43H29N3OS. The van der Waals surface area contributed by atoms with E-state index in [1.165, 1.54) is 5.39 Å². The maximum Gasteiger partial charge on any atom is 0.138 e. The normalized spacial score (nSPS) is 17.3. The molecule has 1 aliphatic carbocycles. The van der Waals surface area contributed by atoms with Crippen molar-refractivity contribution in [2.45, 2.75) is 22.3 Å². The lowest BCUT2D eigenvalue weighted by Gasteiger charge is -2.40. The van der Waals surface area contributed by atoms with Gasteiger partial charge in [-0.2, -0.15) is 0 Å². The molecule has 0 amide bonds. The van der Waals surface area contributed by atoms with Gasteiger partial charge in [-0.1, -0.05) is 115 Å². The highest BCUT2D eigenvalue weighted by Gasteiger charge is 2.36. The SMILES string of the molecule is O=S1c2ccccc2N(C2C=CC=CC2)c2cc3c(cc21)-c1cccc2cccc(c12)N3c1cc(-c2ccccc2)c2ccccc2n1. The van der Waals surface area contributed by atoms with Crippen molar-refractivity contribution in [3.63, 3.8) is 0 Å². The molecular weight excluding hydrogens is 607 g/mol. The van der Waals surface area contributed by atoms with E-state index in [1.54, 1.807) is 0 Å². The number of fused-ring (bicyclic) bond motifs is 5. The summed E-state index contributed by atoms with van der Waals surface area (Å²) in [6.07, 6.45) is 9.55. The molecule has 0 radical (unpaired) electrons. The lowest BCUT2D eigenvalue weighted by molar-refractivity contribution is 0.678. The Labute approximate surface area is 281 Å². The molecule has 2 atom stereocenters. The first kappa shape index (κ1) is 27.3. The highest BCUT2D eigenvalue weighted by molar-refractivity contribution is 7.85. The number of hydrogen-bond acceptors (Lipinski definition) is 4. The number of hydrogen-bond donors (Lipinski definition) is 0. The number of rotatable bonds is 3. The van der Waals surface area contributed by atoms with Crippen LogP contribution in [0.4, 0.5) is 28.6 Å². The Morgan fingerprint density at radius 3 is 2.29 bits per heavy atom.